The highest BCUT2D eigenvalue weighted by atomic mass is 35.5. The van der Waals surface area contributed by atoms with Crippen LogP contribution in [0.2, 0.25) is 0 Å². The molecule has 60 valence electrons. The molecule has 0 saturated heterocycles. The van der Waals surface area contributed by atoms with Gasteiger partial charge in [0.25, 0.3) is 0 Å². The Hall–Kier alpha value is 0.250. The average molecular weight is 163 g/mol. The van der Waals surface area contributed by atoms with Crippen molar-refractivity contribution in [2.75, 3.05) is 0 Å². The Morgan fingerprint density at radius 3 is 2.10 bits per heavy atom. The predicted molar refractivity (Wildman–Crippen MR) is 43.3 cm³/mol. The van der Waals surface area contributed by atoms with Gasteiger partial charge in [-0.3, -0.25) is 0 Å². The second kappa shape index (κ2) is 3.10. The molecule has 2 heteroatoms. The van der Waals surface area contributed by atoms with Crippen LogP contribution in [0.5, 0.6) is 0 Å². The highest BCUT2D eigenvalue weighted by Crippen LogP contribution is 2.32. The Balaban J connectivity index is 2.48. The first kappa shape index (κ1) is 8.35. The standard InChI is InChI=1S/C8H15ClO/c1-7(9)8(10)5-3-2-4-6-8/h7,10H,2-6H2,1H3. The van der Waals surface area contributed by atoms with Crippen molar-refractivity contribution < 1.29 is 5.11 Å². The van der Waals surface area contributed by atoms with Gasteiger partial charge in [-0.1, -0.05) is 19.3 Å². The van der Waals surface area contributed by atoms with Crippen molar-refractivity contribution in [2.24, 2.45) is 0 Å². The molecule has 0 spiro atoms. The Bertz CT molecular complexity index is 106. The second-order valence-corrected chi connectivity index (χ2v) is 3.93. The molecule has 1 unspecified atom stereocenters. The number of aliphatic hydroxyl groups is 1. The molecule has 10 heavy (non-hydrogen) atoms. The van der Waals surface area contributed by atoms with Crippen LogP contribution in [-0.4, -0.2) is 16.1 Å². The van der Waals surface area contributed by atoms with E-state index in [0.717, 1.165) is 25.7 Å². The summed E-state index contributed by atoms with van der Waals surface area (Å²) >= 11 is 5.85. The van der Waals surface area contributed by atoms with Gasteiger partial charge in [0.1, 0.15) is 0 Å². The quantitative estimate of drug-likeness (QED) is 0.587. The summed E-state index contributed by atoms with van der Waals surface area (Å²) in [5, 5.41) is 9.73. The molecule has 0 aromatic carbocycles. The smallest absolute Gasteiger partial charge is 0.0807 e. The maximum absolute atomic E-state index is 9.82. The number of alkyl halides is 1. The van der Waals surface area contributed by atoms with Crippen LogP contribution in [-0.2, 0) is 0 Å². The van der Waals surface area contributed by atoms with Gasteiger partial charge in [0, 0.05) is 0 Å². The van der Waals surface area contributed by atoms with Crippen LogP contribution in [0.25, 0.3) is 0 Å². The Kier molecular flexibility index (Phi) is 2.59. The van der Waals surface area contributed by atoms with E-state index in [1.54, 1.807) is 0 Å². The third-order valence-corrected chi connectivity index (χ3v) is 2.87. The molecule has 1 nitrogen and oxygen atoms in total. The van der Waals surface area contributed by atoms with Crippen LogP contribution in [0.3, 0.4) is 0 Å². The van der Waals surface area contributed by atoms with Gasteiger partial charge in [-0.05, 0) is 19.8 Å². The first-order chi connectivity index (χ1) is 4.65. The topological polar surface area (TPSA) is 20.2 Å². The van der Waals surface area contributed by atoms with E-state index in [4.69, 9.17) is 11.6 Å². The lowest BCUT2D eigenvalue weighted by molar-refractivity contribution is 0.00420. The molecule has 1 saturated carbocycles. The summed E-state index contributed by atoms with van der Waals surface area (Å²) in [4.78, 5) is 0. The highest BCUT2D eigenvalue weighted by Gasteiger charge is 2.33. The molecule has 1 N–H and O–H groups in total. The first-order valence-corrected chi connectivity index (χ1v) is 4.45. The van der Waals surface area contributed by atoms with Gasteiger partial charge in [0.2, 0.25) is 0 Å². The summed E-state index contributed by atoms with van der Waals surface area (Å²) in [7, 11) is 0. The van der Waals surface area contributed by atoms with Gasteiger partial charge in [-0.25, -0.2) is 0 Å². The Morgan fingerprint density at radius 2 is 1.80 bits per heavy atom. The lowest BCUT2D eigenvalue weighted by Crippen LogP contribution is -2.39. The molecule has 0 heterocycles. The number of hydrogen-bond acceptors (Lipinski definition) is 1. The third-order valence-electron chi connectivity index (χ3n) is 2.46. The van der Waals surface area contributed by atoms with Crippen LogP contribution in [0.1, 0.15) is 39.0 Å². The molecule has 1 atom stereocenters. The Labute approximate surface area is 67.4 Å². The van der Waals surface area contributed by atoms with Gasteiger partial charge >= 0.3 is 0 Å². The maximum Gasteiger partial charge on any atom is 0.0807 e. The van der Waals surface area contributed by atoms with Crippen molar-refractivity contribution in [3.8, 4) is 0 Å². The zero-order chi connectivity index (χ0) is 7.61. The Morgan fingerprint density at radius 1 is 1.30 bits per heavy atom. The van der Waals surface area contributed by atoms with Crippen molar-refractivity contribution in [3.05, 3.63) is 0 Å². The summed E-state index contributed by atoms with van der Waals surface area (Å²) in [6.45, 7) is 1.88. The van der Waals surface area contributed by atoms with E-state index < -0.39 is 5.60 Å². The number of rotatable bonds is 1. The molecule has 1 aliphatic carbocycles. The predicted octanol–water partition coefficient (Wildman–Crippen LogP) is 2.31. The number of hydrogen-bond donors (Lipinski definition) is 1. The van der Waals surface area contributed by atoms with Crippen molar-refractivity contribution in [1.29, 1.82) is 0 Å². The SMILES string of the molecule is CC(Cl)C1(O)CCCCC1. The summed E-state index contributed by atoms with van der Waals surface area (Å²) in [5.74, 6) is 0. The largest absolute Gasteiger partial charge is 0.388 e. The minimum absolute atomic E-state index is 0.0900. The lowest BCUT2D eigenvalue weighted by Gasteiger charge is -2.34. The minimum atomic E-state index is -0.556. The molecule has 0 aliphatic heterocycles. The molecule has 0 aromatic rings. The summed E-state index contributed by atoms with van der Waals surface area (Å²) in [6, 6.07) is 0. The molecule has 0 amide bonds. The normalized spacial score (nSPS) is 27.9. The van der Waals surface area contributed by atoms with Gasteiger partial charge in [0.05, 0.1) is 11.0 Å². The van der Waals surface area contributed by atoms with Crippen LogP contribution in [0.15, 0.2) is 0 Å². The van der Waals surface area contributed by atoms with Crippen molar-refractivity contribution >= 4 is 11.6 Å². The monoisotopic (exact) mass is 162 g/mol. The van der Waals surface area contributed by atoms with E-state index in [0.29, 0.717) is 0 Å². The van der Waals surface area contributed by atoms with E-state index >= 15 is 0 Å². The van der Waals surface area contributed by atoms with Crippen molar-refractivity contribution in [1.82, 2.24) is 0 Å². The van der Waals surface area contributed by atoms with Crippen LogP contribution in [0, 0.1) is 0 Å². The van der Waals surface area contributed by atoms with E-state index in [1.807, 2.05) is 6.92 Å². The van der Waals surface area contributed by atoms with E-state index in [2.05, 4.69) is 0 Å². The molecule has 0 bridgehead atoms. The van der Waals surface area contributed by atoms with Crippen molar-refractivity contribution in [3.63, 3.8) is 0 Å². The van der Waals surface area contributed by atoms with Gasteiger partial charge in [-0.2, -0.15) is 0 Å². The first-order valence-electron chi connectivity index (χ1n) is 4.01. The fourth-order valence-electron chi connectivity index (χ4n) is 1.56. The van der Waals surface area contributed by atoms with Crippen LogP contribution in [0.4, 0.5) is 0 Å². The molecule has 1 aliphatic rings. The van der Waals surface area contributed by atoms with E-state index in [-0.39, 0.29) is 5.38 Å². The molecule has 0 radical (unpaired) electrons. The lowest BCUT2D eigenvalue weighted by atomic mass is 9.83. The molecule has 1 fully saturated rings. The number of halogens is 1. The minimum Gasteiger partial charge on any atom is -0.388 e. The van der Waals surface area contributed by atoms with E-state index in [9.17, 15) is 5.11 Å². The van der Waals surface area contributed by atoms with E-state index in [1.165, 1.54) is 6.42 Å². The zero-order valence-electron chi connectivity index (χ0n) is 6.44. The summed E-state index contributed by atoms with van der Waals surface area (Å²) < 4.78 is 0. The highest BCUT2D eigenvalue weighted by molar-refractivity contribution is 6.21. The molecule has 1 rings (SSSR count). The fourth-order valence-corrected chi connectivity index (χ4v) is 1.78. The van der Waals surface area contributed by atoms with Gasteiger partial charge in [0.15, 0.2) is 0 Å². The maximum atomic E-state index is 9.82. The van der Waals surface area contributed by atoms with Crippen LogP contribution < -0.4 is 0 Å². The summed E-state index contributed by atoms with van der Waals surface area (Å²) in [5.41, 5.74) is -0.556. The average Bonchev–Trinajstić information content (AvgIpc) is 1.89. The van der Waals surface area contributed by atoms with Crippen LogP contribution >= 0.6 is 11.6 Å². The van der Waals surface area contributed by atoms with Crippen molar-refractivity contribution in [2.45, 2.75) is 50.0 Å². The fraction of sp³-hybridized carbons (Fsp3) is 1.00. The van der Waals surface area contributed by atoms with Gasteiger partial charge in [-0.15, -0.1) is 11.6 Å². The molecule has 0 aromatic heterocycles. The zero-order valence-corrected chi connectivity index (χ0v) is 7.19. The molecular formula is C8H15ClO. The second-order valence-electron chi connectivity index (χ2n) is 3.28. The molecular weight excluding hydrogens is 148 g/mol. The van der Waals surface area contributed by atoms with Gasteiger partial charge < -0.3 is 5.11 Å². The third kappa shape index (κ3) is 1.64. The summed E-state index contributed by atoms with van der Waals surface area (Å²) in [6.07, 6.45) is 5.29.